The third-order valence-electron chi connectivity index (χ3n) is 3.76. The van der Waals surface area contributed by atoms with Gasteiger partial charge in [-0.15, -0.1) is 0 Å². The second-order valence-electron chi connectivity index (χ2n) is 5.51. The topological polar surface area (TPSA) is 35.5 Å². The molecule has 0 radical (unpaired) electrons. The SMILES string of the molecule is C[C@H](N[C@@H]1C=C[C@H](CO)C1)c1ccccc1N(C)C. The van der Waals surface area contributed by atoms with Crippen molar-refractivity contribution in [2.24, 2.45) is 5.92 Å². The third-order valence-corrected chi connectivity index (χ3v) is 3.76. The fourth-order valence-electron chi connectivity index (χ4n) is 2.71. The molecule has 2 rings (SSSR count). The van der Waals surface area contributed by atoms with Gasteiger partial charge < -0.3 is 15.3 Å². The zero-order valence-electron chi connectivity index (χ0n) is 12.0. The number of rotatable bonds is 5. The lowest BCUT2D eigenvalue weighted by Gasteiger charge is -2.24. The van der Waals surface area contributed by atoms with Crippen LogP contribution in [-0.2, 0) is 0 Å². The Balaban J connectivity index is 2.04. The molecule has 0 heterocycles. The predicted molar refractivity (Wildman–Crippen MR) is 80.4 cm³/mol. The van der Waals surface area contributed by atoms with E-state index >= 15 is 0 Å². The minimum Gasteiger partial charge on any atom is -0.396 e. The number of nitrogens with one attached hydrogen (secondary N) is 1. The Labute approximate surface area is 115 Å². The fourth-order valence-corrected chi connectivity index (χ4v) is 2.71. The molecule has 3 nitrogen and oxygen atoms in total. The van der Waals surface area contributed by atoms with Crippen LogP contribution in [0.3, 0.4) is 0 Å². The zero-order valence-corrected chi connectivity index (χ0v) is 12.0. The molecule has 3 heteroatoms. The lowest BCUT2D eigenvalue weighted by molar-refractivity contribution is 0.245. The summed E-state index contributed by atoms with van der Waals surface area (Å²) >= 11 is 0. The highest BCUT2D eigenvalue weighted by Crippen LogP contribution is 2.27. The zero-order chi connectivity index (χ0) is 13.8. The summed E-state index contributed by atoms with van der Waals surface area (Å²) in [5.74, 6) is 0.314. The van der Waals surface area contributed by atoms with Gasteiger partial charge in [0.1, 0.15) is 0 Å². The maximum absolute atomic E-state index is 9.17. The highest BCUT2D eigenvalue weighted by Gasteiger charge is 2.21. The number of benzene rings is 1. The Morgan fingerprint density at radius 3 is 2.68 bits per heavy atom. The standard InChI is InChI=1S/C16H24N2O/c1-12(17-14-9-8-13(10-14)11-19)15-6-4-5-7-16(15)18(2)3/h4-9,12-14,17,19H,10-11H2,1-3H3/t12-,13-,14+/m0/s1. The second kappa shape index (κ2) is 6.22. The second-order valence-corrected chi connectivity index (χ2v) is 5.51. The molecule has 0 fully saturated rings. The lowest BCUT2D eigenvalue weighted by atomic mass is 10.0. The van der Waals surface area contributed by atoms with E-state index in [1.807, 2.05) is 0 Å². The van der Waals surface area contributed by atoms with Gasteiger partial charge in [0.05, 0.1) is 0 Å². The predicted octanol–water partition coefficient (Wildman–Crippen LogP) is 2.34. The van der Waals surface area contributed by atoms with Crippen LogP contribution in [0.25, 0.3) is 0 Å². The van der Waals surface area contributed by atoms with E-state index in [2.05, 4.69) is 67.7 Å². The first kappa shape index (κ1) is 14.1. The molecule has 1 aliphatic rings. The van der Waals surface area contributed by atoms with Crippen LogP contribution in [0.5, 0.6) is 0 Å². The van der Waals surface area contributed by atoms with Gasteiger partial charge in [0, 0.05) is 44.4 Å². The average molecular weight is 260 g/mol. The molecule has 1 aromatic carbocycles. The van der Waals surface area contributed by atoms with Gasteiger partial charge in [-0.1, -0.05) is 30.4 Å². The number of hydrogen-bond donors (Lipinski definition) is 2. The molecule has 1 aromatic rings. The Bertz CT molecular complexity index is 442. The summed E-state index contributed by atoms with van der Waals surface area (Å²) in [6.45, 7) is 2.44. The van der Waals surface area contributed by atoms with Gasteiger partial charge in [0.2, 0.25) is 0 Å². The number of nitrogens with zero attached hydrogens (tertiary/aromatic N) is 1. The molecule has 0 saturated heterocycles. The van der Waals surface area contributed by atoms with Gasteiger partial charge in [-0.2, -0.15) is 0 Å². The molecule has 0 unspecified atom stereocenters. The molecule has 3 atom stereocenters. The van der Waals surface area contributed by atoms with E-state index in [4.69, 9.17) is 5.11 Å². The summed E-state index contributed by atoms with van der Waals surface area (Å²) in [7, 11) is 4.14. The number of aliphatic hydroxyl groups is 1. The summed E-state index contributed by atoms with van der Waals surface area (Å²) < 4.78 is 0. The molecule has 0 bridgehead atoms. The summed E-state index contributed by atoms with van der Waals surface area (Å²) in [5, 5.41) is 12.8. The minimum atomic E-state index is 0.247. The van der Waals surface area contributed by atoms with Crippen molar-refractivity contribution in [2.45, 2.75) is 25.4 Å². The van der Waals surface area contributed by atoms with Crippen molar-refractivity contribution in [1.29, 1.82) is 0 Å². The van der Waals surface area contributed by atoms with E-state index in [9.17, 15) is 0 Å². The molecule has 0 amide bonds. The van der Waals surface area contributed by atoms with Gasteiger partial charge in [0.25, 0.3) is 0 Å². The molecule has 2 N–H and O–H groups in total. The third kappa shape index (κ3) is 3.37. The van der Waals surface area contributed by atoms with Crippen LogP contribution in [0.15, 0.2) is 36.4 Å². The van der Waals surface area contributed by atoms with Crippen molar-refractivity contribution in [3.8, 4) is 0 Å². The van der Waals surface area contributed by atoms with Gasteiger partial charge in [-0.25, -0.2) is 0 Å². The van der Waals surface area contributed by atoms with Gasteiger partial charge in [-0.3, -0.25) is 0 Å². The number of aliphatic hydroxyl groups excluding tert-OH is 1. The van der Waals surface area contributed by atoms with E-state index in [0.29, 0.717) is 18.0 Å². The summed E-state index contributed by atoms with van der Waals surface area (Å²) in [6.07, 6.45) is 5.28. The Hall–Kier alpha value is -1.32. The maximum atomic E-state index is 9.17. The van der Waals surface area contributed by atoms with Gasteiger partial charge in [-0.05, 0) is 25.0 Å². The normalized spacial score (nSPS) is 23.6. The highest BCUT2D eigenvalue weighted by atomic mass is 16.3. The number of hydrogen-bond acceptors (Lipinski definition) is 3. The Morgan fingerprint density at radius 2 is 2.05 bits per heavy atom. The number of para-hydroxylation sites is 1. The largest absolute Gasteiger partial charge is 0.396 e. The fraction of sp³-hybridized carbons (Fsp3) is 0.500. The molecule has 19 heavy (non-hydrogen) atoms. The monoisotopic (exact) mass is 260 g/mol. The first-order valence-corrected chi connectivity index (χ1v) is 6.93. The van der Waals surface area contributed by atoms with Crippen LogP contribution in [0.1, 0.15) is 24.9 Å². The molecule has 0 spiro atoms. The van der Waals surface area contributed by atoms with Crippen LogP contribution >= 0.6 is 0 Å². The highest BCUT2D eigenvalue weighted by molar-refractivity contribution is 5.53. The molecular formula is C16H24N2O. The smallest absolute Gasteiger partial charge is 0.0494 e. The van der Waals surface area contributed by atoms with E-state index in [0.717, 1.165) is 6.42 Å². The molecule has 0 aliphatic heterocycles. The van der Waals surface area contributed by atoms with Crippen molar-refractivity contribution in [2.75, 3.05) is 25.6 Å². The molecule has 104 valence electrons. The molecule has 0 aromatic heterocycles. The van der Waals surface area contributed by atoms with Crippen molar-refractivity contribution >= 4 is 5.69 Å². The summed E-state index contributed by atoms with van der Waals surface area (Å²) in [5.41, 5.74) is 2.57. The Morgan fingerprint density at radius 1 is 1.32 bits per heavy atom. The lowest BCUT2D eigenvalue weighted by Crippen LogP contribution is -2.30. The molecular weight excluding hydrogens is 236 g/mol. The van der Waals surface area contributed by atoms with E-state index in [1.54, 1.807) is 0 Å². The summed E-state index contributed by atoms with van der Waals surface area (Å²) in [6, 6.07) is 9.14. The van der Waals surface area contributed by atoms with Crippen molar-refractivity contribution in [3.05, 3.63) is 42.0 Å². The van der Waals surface area contributed by atoms with E-state index in [-0.39, 0.29) is 6.61 Å². The molecule has 1 aliphatic carbocycles. The number of anilines is 1. The Kier molecular flexibility index (Phi) is 4.61. The van der Waals surface area contributed by atoms with Gasteiger partial charge >= 0.3 is 0 Å². The van der Waals surface area contributed by atoms with Crippen LogP contribution < -0.4 is 10.2 Å². The minimum absolute atomic E-state index is 0.247. The van der Waals surface area contributed by atoms with Crippen LogP contribution in [0.4, 0.5) is 5.69 Å². The van der Waals surface area contributed by atoms with Crippen molar-refractivity contribution in [1.82, 2.24) is 5.32 Å². The maximum Gasteiger partial charge on any atom is 0.0494 e. The van der Waals surface area contributed by atoms with E-state index in [1.165, 1.54) is 11.3 Å². The first-order chi connectivity index (χ1) is 9.11. The summed E-state index contributed by atoms with van der Waals surface area (Å²) in [4.78, 5) is 2.15. The van der Waals surface area contributed by atoms with Crippen molar-refractivity contribution in [3.63, 3.8) is 0 Å². The quantitative estimate of drug-likeness (QED) is 0.798. The van der Waals surface area contributed by atoms with E-state index < -0.39 is 0 Å². The van der Waals surface area contributed by atoms with Crippen LogP contribution in [0.2, 0.25) is 0 Å². The van der Waals surface area contributed by atoms with Crippen LogP contribution in [0, 0.1) is 5.92 Å². The van der Waals surface area contributed by atoms with Crippen molar-refractivity contribution < 1.29 is 5.11 Å². The first-order valence-electron chi connectivity index (χ1n) is 6.93. The van der Waals surface area contributed by atoms with Crippen LogP contribution in [-0.4, -0.2) is 31.9 Å². The van der Waals surface area contributed by atoms with Gasteiger partial charge in [0.15, 0.2) is 0 Å². The molecule has 0 saturated carbocycles. The average Bonchev–Trinajstić information content (AvgIpc) is 2.86.